The van der Waals surface area contributed by atoms with Crippen molar-refractivity contribution < 1.29 is 13.5 Å². The Hall–Kier alpha value is -0.880. The molecule has 6 heteroatoms. The number of nitrogens with zero attached hydrogens (tertiary/aromatic N) is 2. The lowest BCUT2D eigenvalue weighted by molar-refractivity contribution is 0.157. The van der Waals surface area contributed by atoms with E-state index in [0.29, 0.717) is 12.8 Å². The third-order valence-corrected chi connectivity index (χ3v) is 3.40. The van der Waals surface area contributed by atoms with Crippen molar-refractivity contribution in [3.63, 3.8) is 0 Å². The highest BCUT2D eigenvalue weighted by molar-refractivity contribution is 7.90. The van der Waals surface area contributed by atoms with Crippen LogP contribution in [0.15, 0.2) is 6.07 Å². The Labute approximate surface area is 96.0 Å². The van der Waals surface area contributed by atoms with Gasteiger partial charge in [0.1, 0.15) is 9.84 Å². The largest absolute Gasteiger partial charge is 0.387 e. The number of hydrogen-bond donors (Lipinski definition) is 1. The highest BCUT2D eigenvalue weighted by atomic mass is 32.2. The number of rotatable bonds is 5. The molecule has 0 fully saturated rings. The van der Waals surface area contributed by atoms with Crippen LogP contribution in [0, 0.1) is 6.92 Å². The molecule has 0 amide bonds. The zero-order valence-electron chi connectivity index (χ0n) is 9.84. The van der Waals surface area contributed by atoms with Crippen LogP contribution < -0.4 is 0 Å². The Balaban J connectivity index is 2.53. The summed E-state index contributed by atoms with van der Waals surface area (Å²) in [5, 5.41) is 14.0. The van der Waals surface area contributed by atoms with Gasteiger partial charge >= 0.3 is 0 Å². The first-order valence-corrected chi connectivity index (χ1v) is 7.22. The van der Waals surface area contributed by atoms with Gasteiger partial charge in [0.25, 0.3) is 0 Å². The van der Waals surface area contributed by atoms with Crippen LogP contribution in [0.3, 0.4) is 0 Å². The predicted octanol–water partition coefficient (Wildman–Crippen LogP) is 0.587. The Kier molecular flexibility index (Phi) is 4.09. The van der Waals surface area contributed by atoms with Crippen molar-refractivity contribution >= 4 is 9.84 Å². The van der Waals surface area contributed by atoms with Crippen LogP contribution in [0.4, 0.5) is 0 Å². The van der Waals surface area contributed by atoms with Gasteiger partial charge in [0.2, 0.25) is 0 Å². The molecule has 0 saturated heterocycles. The summed E-state index contributed by atoms with van der Waals surface area (Å²) in [6.07, 6.45) is 1.46. The molecular formula is C10H18N2O3S. The van der Waals surface area contributed by atoms with Crippen LogP contribution in [-0.2, 0) is 16.9 Å². The number of sulfone groups is 1. The second kappa shape index (κ2) is 4.97. The van der Waals surface area contributed by atoms with Crippen molar-refractivity contribution in [3.05, 3.63) is 17.5 Å². The Bertz CT molecular complexity index is 451. The minimum absolute atomic E-state index is 0.112. The molecule has 0 radical (unpaired) electrons. The number of hydrogen-bond acceptors (Lipinski definition) is 4. The van der Waals surface area contributed by atoms with Gasteiger partial charge in [0, 0.05) is 19.1 Å². The molecule has 0 aliphatic rings. The van der Waals surface area contributed by atoms with Crippen molar-refractivity contribution in [2.45, 2.75) is 25.9 Å². The summed E-state index contributed by atoms with van der Waals surface area (Å²) < 4.78 is 23.5. The van der Waals surface area contributed by atoms with E-state index in [1.165, 1.54) is 6.26 Å². The second-order valence-corrected chi connectivity index (χ2v) is 6.38. The van der Waals surface area contributed by atoms with E-state index in [-0.39, 0.29) is 5.75 Å². The van der Waals surface area contributed by atoms with Crippen LogP contribution in [0.1, 0.15) is 30.3 Å². The zero-order valence-corrected chi connectivity index (χ0v) is 10.7. The van der Waals surface area contributed by atoms with Crippen molar-refractivity contribution in [3.8, 4) is 0 Å². The molecule has 1 unspecified atom stereocenters. The fourth-order valence-corrected chi connectivity index (χ4v) is 2.32. The van der Waals surface area contributed by atoms with E-state index >= 15 is 0 Å². The maximum absolute atomic E-state index is 10.9. The van der Waals surface area contributed by atoms with Crippen molar-refractivity contribution in [1.29, 1.82) is 0 Å². The summed E-state index contributed by atoms with van der Waals surface area (Å²) in [5.74, 6) is 0.112. The third-order valence-electron chi connectivity index (χ3n) is 2.37. The SMILES string of the molecule is Cc1cc(C(O)CCCS(C)(=O)=O)n(C)n1. The van der Waals surface area contributed by atoms with Crippen molar-refractivity contribution in [2.75, 3.05) is 12.0 Å². The molecule has 1 aromatic rings. The van der Waals surface area contributed by atoms with Crippen LogP contribution in [0.5, 0.6) is 0 Å². The zero-order chi connectivity index (χ0) is 12.3. The Morgan fingerprint density at radius 3 is 2.62 bits per heavy atom. The van der Waals surface area contributed by atoms with Crippen LogP contribution in [-0.4, -0.2) is 35.3 Å². The maximum Gasteiger partial charge on any atom is 0.147 e. The first kappa shape index (κ1) is 13.2. The minimum atomic E-state index is -2.94. The Morgan fingerprint density at radius 2 is 2.19 bits per heavy atom. The van der Waals surface area contributed by atoms with E-state index in [4.69, 9.17) is 0 Å². The van der Waals surface area contributed by atoms with Gasteiger partial charge in [-0.15, -0.1) is 0 Å². The van der Waals surface area contributed by atoms with Gasteiger partial charge in [0.05, 0.1) is 17.5 Å². The third kappa shape index (κ3) is 3.94. The summed E-state index contributed by atoms with van der Waals surface area (Å²) >= 11 is 0. The lowest BCUT2D eigenvalue weighted by Gasteiger charge is -2.10. The van der Waals surface area contributed by atoms with E-state index in [9.17, 15) is 13.5 Å². The summed E-state index contributed by atoms with van der Waals surface area (Å²) in [6.45, 7) is 1.85. The quantitative estimate of drug-likeness (QED) is 0.825. The number of aryl methyl sites for hydroxylation is 2. The first-order chi connectivity index (χ1) is 7.29. The predicted molar refractivity (Wildman–Crippen MR) is 61.8 cm³/mol. The molecule has 16 heavy (non-hydrogen) atoms. The molecule has 1 N–H and O–H groups in total. The molecule has 0 aliphatic heterocycles. The lowest BCUT2D eigenvalue weighted by Crippen LogP contribution is -2.08. The van der Waals surface area contributed by atoms with Crippen molar-refractivity contribution in [2.24, 2.45) is 7.05 Å². The number of aliphatic hydroxyl groups excluding tert-OH is 1. The molecule has 1 aromatic heterocycles. The maximum atomic E-state index is 10.9. The molecular weight excluding hydrogens is 228 g/mol. The second-order valence-electron chi connectivity index (χ2n) is 4.12. The van der Waals surface area contributed by atoms with Crippen LogP contribution >= 0.6 is 0 Å². The normalized spacial score (nSPS) is 14.0. The topological polar surface area (TPSA) is 72.2 Å². The van der Waals surface area contributed by atoms with Gasteiger partial charge in [0.15, 0.2) is 0 Å². The smallest absolute Gasteiger partial charge is 0.147 e. The molecule has 5 nitrogen and oxygen atoms in total. The molecule has 1 atom stereocenters. The van der Waals surface area contributed by atoms with E-state index in [0.717, 1.165) is 11.4 Å². The standard InChI is InChI=1S/C10H18N2O3S/c1-8-7-9(12(2)11-8)10(13)5-4-6-16(3,14)15/h7,10,13H,4-6H2,1-3H3. The molecule has 92 valence electrons. The van der Waals surface area contributed by atoms with Crippen LogP contribution in [0.2, 0.25) is 0 Å². The highest BCUT2D eigenvalue weighted by Gasteiger charge is 2.13. The van der Waals surface area contributed by atoms with Gasteiger partial charge in [-0.2, -0.15) is 5.10 Å². The molecule has 0 bridgehead atoms. The average molecular weight is 246 g/mol. The highest BCUT2D eigenvalue weighted by Crippen LogP contribution is 2.18. The Morgan fingerprint density at radius 1 is 1.56 bits per heavy atom. The van der Waals surface area contributed by atoms with Gasteiger partial charge in [-0.05, 0) is 25.8 Å². The molecule has 0 aromatic carbocycles. The number of aromatic nitrogens is 2. The summed E-state index contributed by atoms with van der Waals surface area (Å²) in [6, 6.07) is 1.81. The summed E-state index contributed by atoms with van der Waals surface area (Å²) in [4.78, 5) is 0. The van der Waals surface area contributed by atoms with E-state index in [1.54, 1.807) is 11.7 Å². The fourth-order valence-electron chi connectivity index (χ4n) is 1.63. The fraction of sp³-hybridized carbons (Fsp3) is 0.700. The van der Waals surface area contributed by atoms with Gasteiger partial charge < -0.3 is 5.11 Å². The lowest BCUT2D eigenvalue weighted by atomic mass is 10.1. The molecule has 1 rings (SSSR count). The van der Waals surface area contributed by atoms with Crippen LogP contribution in [0.25, 0.3) is 0 Å². The summed E-state index contributed by atoms with van der Waals surface area (Å²) in [7, 11) is -1.17. The monoisotopic (exact) mass is 246 g/mol. The summed E-state index contributed by atoms with van der Waals surface area (Å²) in [5.41, 5.74) is 1.57. The van der Waals surface area contributed by atoms with Crippen molar-refractivity contribution in [1.82, 2.24) is 9.78 Å². The molecule has 0 saturated carbocycles. The van der Waals surface area contributed by atoms with Gasteiger partial charge in [-0.25, -0.2) is 8.42 Å². The minimum Gasteiger partial charge on any atom is -0.387 e. The molecule has 0 spiro atoms. The van der Waals surface area contributed by atoms with Gasteiger partial charge in [-0.1, -0.05) is 0 Å². The van der Waals surface area contributed by atoms with E-state index < -0.39 is 15.9 Å². The molecule has 0 aliphatic carbocycles. The van der Waals surface area contributed by atoms with E-state index in [1.807, 2.05) is 13.0 Å². The van der Waals surface area contributed by atoms with Gasteiger partial charge in [-0.3, -0.25) is 4.68 Å². The first-order valence-electron chi connectivity index (χ1n) is 5.16. The average Bonchev–Trinajstić information content (AvgIpc) is 2.43. The number of aliphatic hydroxyl groups is 1. The van der Waals surface area contributed by atoms with E-state index in [2.05, 4.69) is 5.10 Å². The molecule has 1 heterocycles.